The summed E-state index contributed by atoms with van der Waals surface area (Å²) >= 11 is 5.74. The van der Waals surface area contributed by atoms with Crippen molar-refractivity contribution in [3.05, 3.63) is 29.3 Å². The molecule has 0 spiro atoms. The number of methoxy groups -OCH3 is 1. The number of halogens is 1. The minimum Gasteiger partial charge on any atom is -0.463 e. The van der Waals surface area contributed by atoms with Crippen molar-refractivity contribution in [2.75, 3.05) is 20.3 Å². The van der Waals surface area contributed by atoms with Gasteiger partial charge in [-0.15, -0.1) is 0 Å². The number of ether oxygens (including phenoxy) is 2. The molecule has 98 valence electrons. The second-order valence-electron chi connectivity index (χ2n) is 3.24. The summed E-state index contributed by atoms with van der Waals surface area (Å²) in [6.07, 6.45) is 0. The lowest BCUT2D eigenvalue weighted by Crippen LogP contribution is -2.22. The quantitative estimate of drug-likeness (QED) is 0.489. The number of nitrogens with two attached hydrogens (primary N) is 2. The lowest BCUT2D eigenvalue weighted by Gasteiger charge is -2.03. The fourth-order valence-corrected chi connectivity index (χ4v) is 1.17. The van der Waals surface area contributed by atoms with Crippen LogP contribution in [0.5, 0.6) is 0 Å². The largest absolute Gasteiger partial charge is 0.463 e. The topological polar surface area (TPSA) is 95.2 Å². The molecule has 0 radical (unpaired) electrons. The summed E-state index contributed by atoms with van der Waals surface area (Å²) in [6.45, 7) is 0.727. The molecular weight excluding hydrogens is 256 g/mol. The number of aliphatic imine (C=N–C) groups is 2. The molecule has 6 nitrogen and oxygen atoms in total. The van der Waals surface area contributed by atoms with Crippen LogP contribution in [0.15, 0.2) is 34.3 Å². The highest BCUT2D eigenvalue weighted by atomic mass is 35.5. The molecule has 0 fully saturated rings. The van der Waals surface area contributed by atoms with Gasteiger partial charge in [0.05, 0.1) is 12.3 Å². The molecule has 1 rings (SSSR count). The van der Waals surface area contributed by atoms with Gasteiger partial charge in [-0.1, -0.05) is 11.6 Å². The van der Waals surface area contributed by atoms with Crippen molar-refractivity contribution in [2.24, 2.45) is 21.5 Å². The van der Waals surface area contributed by atoms with Gasteiger partial charge in [-0.2, -0.15) is 4.99 Å². The zero-order valence-corrected chi connectivity index (χ0v) is 10.7. The number of nitrogens with zero attached hydrogens (tertiary/aromatic N) is 2. The van der Waals surface area contributed by atoms with Gasteiger partial charge in [0.2, 0.25) is 5.96 Å². The molecule has 0 aromatic heterocycles. The van der Waals surface area contributed by atoms with Gasteiger partial charge in [0.1, 0.15) is 6.61 Å². The molecule has 1 aromatic carbocycles. The van der Waals surface area contributed by atoms with E-state index in [4.69, 9.17) is 32.5 Å². The van der Waals surface area contributed by atoms with Gasteiger partial charge in [-0.3, -0.25) is 0 Å². The molecule has 0 aliphatic heterocycles. The molecule has 18 heavy (non-hydrogen) atoms. The first kappa shape index (κ1) is 14.3. The minimum atomic E-state index is -0.0535. The molecule has 0 aliphatic rings. The summed E-state index contributed by atoms with van der Waals surface area (Å²) in [5.41, 5.74) is 11.7. The highest BCUT2D eigenvalue weighted by Crippen LogP contribution is 2.15. The van der Waals surface area contributed by atoms with E-state index < -0.39 is 0 Å². The Hall–Kier alpha value is -1.79. The van der Waals surface area contributed by atoms with Crippen LogP contribution in [0.25, 0.3) is 0 Å². The first-order valence-electron chi connectivity index (χ1n) is 5.17. The van der Waals surface area contributed by atoms with Gasteiger partial charge in [-0.25, -0.2) is 4.99 Å². The molecule has 0 saturated carbocycles. The van der Waals surface area contributed by atoms with E-state index in [0.29, 0.717) is 23.9 Å². The molecule has 7 heteroatoms. The third kappa shape index (κ3) is 5.51. The van der Waals surface area contributed by atoms with E-state index in [0.717, 1.165) is 0 Å². The van der Waals surface area contributed by atoms with Crippen molar-refractivity contribution in [3.8, 4) is 0 Å². The number of guanidine groups is 1. The summed E-state index contributed by atoms with van der Waals surface area (Å²) in [5, 5.41) is 0.624. The smallest absolute Gasteiger partial charge is 0.290 e. The van der Waals surface area contributed by atoms with Gasteiger partial charge in [0.15, 0.2) is 0 Å². The van der Waals surface area contributed by atoms with E-state index in [2.05, 4.69) is 9.98 Å². The van der Waals surface area contributed by atoms with Crippen LogP contribution in [0.4, 0.5) is 5.69 Å². The van der Waals surface area contributed by atoms with E-state index >= 15 is 0 Å². The zero-order chi connectivity index (χ0) is 13.4. The average molecular weight is 271 g/mol. The lowest BCUT2D eigenvalue weighted by atomic mass is 10.3. The third-order valence-corrected chi connectivity index (χ3v) is 2.08. The Morgan fingerprint density at radius 2 is 1.89 bits per heavy atom. The minimum absolute atomic E-state index is 0.00670. The third-order valence-electron chi connectivity index (χ3n) is 1.83. The molecule has 0 saturated heterocycles. The van der Waals surface area contributed by atoms with Gasteiger partial charge in [0, 0.05) is 12.1 Å². The Bertz CT molecular complexity index is 431. The van der Waals surface area contributed by atoms with Crippen molar-refractivity contribution in [2.45, 2.75) is 0 Å². The molecule has 0 amide bonds. The van der Waals surface area contributed by atoms with Gasteiger partial charge >= 0.3 is 0 Å². The summed E-state index contributed by atoms with van der Waals surface area (Å²) in [7, 11) is 1.56. The van der Waals surface area contributed by atoms with E-state index in [9.17, 15) is 0 Å². The van der Waals surface area contributed by atoms with Crippen molar-refractivity contribution < 1.29 is 9.47 Å². The fourth-order valence-electron chi connectivity index (χ4n) is 1.05. The van der Waals surface area contributed by atoms with Crippen molar-refractivity contribution in [1.29, 1.82) is 0 Å². The average Bonchev–Trinajstić information content (AvgIpc) is 2.32. The Morgan fingerprint density at radius 1 is 1.22 bits per heavy atom. The van der Waals surface area contributed by atoms with E-state index in [1.807, 2.05) is 0 Å². The molecule has 0 heterocycles. The number of hydrogen-bond donors (Lipinski definition) is 2. The van der Waals surface area contributed by atoms with Crippen LogP contribution in [-0.4, -0.2) is 32.3 Å². The number of benzene rings is 1. The van der Waals surface area contributed by atoms with Crippen LogP contribution in [0.3, 0.4) is 0 Å². The molecule has 0 atom stereocenters. The summed E-state index contributed by atoms with van der Waals surface area (Å²) in [4.78, 5) is 7.80. The van der Waals surface area contributed by atoms with Crippen molar-refractivity contribution in [3.63, 3.8) is 0 Å². The summed E-state index contributed by atoms with van der Waals surface area (Å²) < 4.78 is 9.83. The maximum Gasteiger partial charge on any atom is 0.290 e. The fraction of sp³-hybridized carbons (Fsp3) is 0.273. The molecule has 1 aromatic rings. The van der Waals surface area contributed by atoms with Gasteiger partial charge in [0.25, 0.3) is 6.02 Å². The second-order valence-corrected chi connectivity index (χ2v) is 3.67. The first-order chi connectivity index (χ1) is 8.61. The molecule has 0 bridgehead atoms. The van der Waals surface area contributed by atoms with Crippen molar-refractivity contribution >= 4 is 29.3 Å². The first-order valence-corrected chi connectivity index (χ1v) is 5.55. The number of hydrogen-bond acceptors (Lipinski definition) is 3. The van der Waals surface area contributed by atoms with E-state index in [-0.39, 0.29) is 12.0 Å². The highest BCUT2D eigenvalue weighted by Gasteiger charge is 1.96. The lowest BCUT2D eigenvalue weighted by molar-refractivity contribution is 0.140. The predicted molar refractivity (Wildman–Crippen MR) is 72.2 cm³/mol. The van der Waals surface area contributed by atoms with Crippen LogP contribution >= 0.6 is 11.6 Å². The Morgan fingerprint density at radius 3 is 2.50 bits per heavy atom. The highest BCUT2D eigenvalue weighted by molar-refractivity contribution is 6.30. The van der Waals surface area contributed by atoms with Gasteiger partial charge in [-0.05, 0) is 24.3 Å². The SMILES string of the molecule is COCCO/C(N)=N/C(N)=Nc1ccc(Cl)cc1. The summed E-state index contributed by atoms with van der Waals surface area (Å²) in [5.74, 6) is 0.00670. The van der Waals surface area contributed by atoms with Crippen LogP contribution in [0.2, 0.25) is 5.02 Å². The van der Waals surface area contributed by atoms with Crippen LogP contribution < -0.4 is 11.5 Å². The number of rotatable bonds is 4. The van der Waals surface area contributed by atoms with Crippen LogP contribution in [0, 0.1) is 0 Å². The Labute approximate surface area is 110 Å². The standard InChI is InChI=1S/C11H15ClN4O2/c1-17-6-7-18-11(14)16-10(13)15-9-4-2-8(12)3-5-9/h2-5H,6-7H2,1H3,(H4,13,14,15,16). The predicted octanol–water partition coefficient (Wildman–Crippen LogP) is 1.26. The maximum atomic E-state index is 5.74. The van der Waals surface area contributed by atoms with Crippen LogP contribution in [0.1, 0.15) is 0 Å². The molecule has 0 unspecified atom stereocenters. The van der Waals surface area contributed by atoms with E-state index in [1.54, 1.807) is 31.4 Å². The normalized spacial score (nSPS) is 12.6. The molecule has 0 aliphatic carbocycles. The second kappa shape index (κ2) is 7.52. The number of amidine groups is 1. The zero-order valence-electron chi connectivity index (χ0n) is 9.97. The Kier molecular flexibility index (Phi) is 5.96. The Balaban J connectivity index is 2.60. The monoisotopic (exact) mass is 270 g/mol. The van der Waals surface area contributed by atoms with Crippen molar-refractivity contribution in [1.82, 2.24) is 0 Å². The molecular formula is C11H15ClN4O2. The van der Waals surface area contributed by atoms with Crippen LogP contribution in [-0.2, 0) is 9.47 Å². The van der Waals surface area contributed by atoms with Gasteiger partial charge < -0.3 is 20.9 Å². The summed E-state index contributed by atoms with van der Waals surface area (Å²) in [6, 6.07) is 6.78. The van der Waals surface area contributed by atoms with E-state index in [1.165, 1.54) is 0 Å². The maximum absolute atomic E-state index is 5.74. The molecule has 4 N–H and O–H groups in total.